The zero-order valence-corrected chi connectivity index (χ0v) is 18.2. The van der Waals surface area contributed by atoms with Gasteiger partial charge < -0.3 is 19.4 Å². The summed E-state index contributed by atoms with van der Waals surface area (Å²) in [6.45, 7) is 0. The van der Waals surface area contributed by atoms with Gasteiger partial charge in [0.25, 0.3) is 0 Å². The molecule has 1 aromatic heterocycles. The number of hydrogen-bond donors (Lipinski definition) is 1. The zero-order chi connectivity index (χ0) is 22.7. The molecule has 1 heterocycles. The van der Waals surface area contributed by atoms with Crippen molar-refractivity contribution in [3.8, 4) is 22.6 Å². The number of carbonyl (C=O) groups excluding carboxylic acids is 1. The summed E-state index contributed by atoms with van der Waals surface area (Å²) in [6.07, 6.45) is 0.202. The summed E-state index contributed by atoms with van der Waals surface area (Å²) < 4.78 is 12.6. The highest BCUT2D eigenvalue weighted by Crippen LogP contribution is 2.35. The summed E-state index contributed by atoms with van der Waals surface area (Å²) >= 11 is 0. The van der Waals surface area contributed by atoms with Crippen molar-refractivity contribution in [1.82, 2.24) is 4.57 Å². The fourth-order valence-electron chi connectivity index (χ4n) is 3.85. The van der Waals surface area contributed by atoms with Crippen LogP contribution in [0.1, 0.15) is 5.56 Å². The fourth-order valence-corrected chi connectivity index (χ4v) is 3.85. The van der Waals surface area contributed by atoms with Gasteiger partial charge in [-0.3, -0.25) is 9.59 Å². The highest BCUT2D eigenvalue weighted by Gasteiger charge is 2.20. The Bertz CT molecular complexity index is 1340. The molecule has 0 saturated heterocycles. The van der Waals surface area contributed by atoms with E-state index in [4.69, 9.17) is 9.47 Å². The van der Waals surface area contributed by atoms with Crippen molar-refractivity contribution >= 4 is 22.6 Å². The maximum absolute atomic E-state index is 13.6. The number of amides is 1. The van der Waals surface area contributed by atoms with Crippen LogP contribution in [0.4, 0.5) is 5.82 Å². The lowest BCUT2D eigenvalue weighted by Crippen LogP contribution is -2.22. The minimum atomic E-state index is -0.205. The molecule has 0 saturated carbocycles. The largest absolute Gasteiger partial charge is 0.493 e. The Labute approximate surface area is 186 Å². The van der Waals surface area contributed by atoms with E-state index in [-0.39, 0.29) is 17.8 Å². The van der Waals surface area contributed by atoms with Crippen LogP contribution < -0.4 is 20.2 Å². The van der Waals surface area contributed by atoms with E-state index in [1.54, 1.807) is 38.5 Å². The number of methoxy groups -OCH3 is 2. The maximum atomic E-state index is 13.6. The van der Waals surface area contributed by atoms with Crippen molar-refractivity contribution < 1.29 is 14.3 Å². The van der Waals surface area contributed by atoms with Crippen LogP contribution in [0.2, 0.25) is 0 Å². The van der Waals surface area contributed by atoms with Gasteiger partial charge in [0.2, 0.25) is 5.91 Å². The third-order valence-electron chi connectivity index (χ3n) is 5.45. The van der Waals surface area contributed by atoms with Crippen molar-refractivity contribution in [3.63, 3.8) is 0 Å². The Morgan fingerprint density at radius 3 is 2.31 bits per heavy atom. The van der Waals surface area contributed by atoms with Gasteiger partial charge in [-0.15, -0.1) is 0 Å². The van der Waals surface area contributed by atoms with E-state index >= 15 is 0 Å². The number of ether oxygens (including phenoxy) is 2. The van der Waals surface area contributed by atoms with Crippen molar-refractivity contribution in [3.05, 3.63) is 88.6 Å². The summed E-state index contributed by atoms with van der Waals surface area (Å²) in [6, 6.07) is 22.1. The zero-order valence-electron chi connectivity index (χ0n) is 18.2. The molecule has 4 aromatic rings. The highest BCUT2D eigenvalue weighted by atomic mass is 16.5. The van der Waals surface area contributed by atoms with E-state index in [1.807, 2.05) is 60.1 Å². The number of nitrogens with zero attached hydrogens (tertiary/aromatic N) is 1. The number of pyridine rings is 1. The number of hydrogen-bond acceptors (Lipinski definition) is 4. The monoisotopic (exact) mass is 428 g/mol. The first kappa shape index (κ1) is 21.2. The van der Waals surface area contributed by atoms with Gasteiger partial charge in [-0.2, -0.15) is 0 Å². The van der Waals surface area contributed by atoms with Crippen LogP contribution >= 0.6 is 0 Å². The molecule has 0 atom stereocenters. The second-order valence-corrected chi connectivity index (χ2v) is 7.41. The van der Waals surface area contributed by atoms with Gasteiger partial charge >= 0.3 is 0 Å². The number of aromatic nitrogens is 1. The topological polar surface area (TPSA) is 69.6 Å². The number of rotatable bonds is 6. The summed E-state index contributed by atoms with van der Waals surface area (Å²) in [5.74, 6) is 1.29. The van der Waals surface area contributed by atoms with Crippen molar-refractivity contribution in [2.45, 2.75) is 6.42 Å². The predicted molar refractivity (Wildman–Crippen MR) is 127 cm³/mol. The minimum absolute atomic E-state index is 0.166. The first-order valence-electron chi connectivity index (χ1n) is 10.2. The first-order valence-corrected chi connectivity index (χ1v) is 10.2. The smallest absolute Gasteiger partial charge is 0.229 e. The molecule has 6 heteroatoms. The lowest BCUT2D eigenvalue weighted by molar-refractivity contribution is -0.115. The molecule has 1 amide bonds. The molecule has 32 heavy (non-hydrogen) atoms. The normalized spacial score (nSPS) is 10.7. The van der Waals surface area contributed by atoms with E-state index < -0.39 is 0 Å². The summed E-state index contributed by atoms with van der Waals surface area (Å²) in [5, 5.41) is 3.55. The lowest BCUT2D eigenvalue weighted by Gasteiger charge is -2.19. The second kappa shape index (κ2) is 8.98. The van der Waals surface area contributed by atoms with Gasteiger partial charge in [0.05, 0.1) is 31.7 Å². The summed E-state index contributed by atoms with van der Waals surface area (Å²) in [7, 11) is 4.94. The molecule has 0 aliphatic carbocycles. The number of para-hydroxylation sites is 1. The van der Waals surface area contributed by atoms with Crippen LogP contribution in [0.15, 0.2) is 77.6 Å². The predicted octanol–water partition coefficient (Wildman–Crippen LogP) is 4.40. The molecule has 1 N–H and O–H groups in total. The molecule has 4 rings (SSSR count). The Morgan fingerprint density at radius 2 is 1.59 bits per heavy atom. The fraction of sp³-hybridized carbons (Fsp3) is 0.154. The van der Waals surface area contributed by atoms with E-state index in [9.17, 15) is 9.59 Å². The molecule has 3 aromatic carbocycles. The van der Waals surface area contributed by atoms with Crippen LogP contribution in [-0.4, -0.2) is 24.7 Å². The van der Waals surface area contributed by atoms with Gasteiger partial charge in [0, 0.05) is 12.4 Å². The van der Waals surface area contributed by atoms with Gasteiger partial charge in [-0.1, -0.05) is 48.5 Å². The molecule has 0 fully saturated rings. The average Bonchev–Trinajstić information content (AvgIpc) is 2.82. The van der Waals surface area contributed by atoms with E-state index in [2.05, 4.69) is 5.32 Å². The molecule has 0 bridgehead atoms. The molecule has 0 spiro atoms. The Balaban J connectivity index is 1.88. The average molecular weight is 428 g/mol. The van der Waals surface area contributed by atoms with E-state index in [0.29, 0.717) is 33.8 Å². The van der Waals surface area contributed by atoms with Crippen molar-refractivity contribution in [2.24, 2.45) is 7.05 Å². The second-order valence-electron chi connectivity index (χ2n) is 7.41. The van der Waals surface area contributed by atoms with Gasteiger partial charge in [-0.25, -0.2) is 0 Å². The number of aryl methyl sites for hydroxylation is 1. The van der Waals surface area contributed by atoms with Gasteiger partial charge in [-0.05, 0) is 35.4 Å². The molecule has 0 aliphatic heterocycles. The maximum Gasteiger partial charge on any atom is 0.229 e. The van der Waals surface area contributed by atoms with Crippen molar-refractivity contribution in [2.75, 3.05) is 19.5 Å². The Kier molecular flexibility index (Phi) is 5.94. The molecule has 0 radical (unpaired) electrons. The van der Waals surface area contributed by atoms with Gasteiger partial charge in [0.15, 0.2) is 16.9 Å². The van der Waals surface area contributed by atoms with Crippen molar-refractivity contribution in [1.29, 1.82) is 0 Å². The highest BCUT2D eigenvalue weighted by molar-refractivity contribution is 5.99. The molecular formula is C26H24N2O4. The van der Waals surface area contributed by atoms with Crippen LogP contribution in [-0.2, 0) is 18.3 Å². The number of anilines is 1. The van der Waals surface area contributed by atoms with Gasteiger partial charge in [0.1, 0.15) is 5.82 Å². The third-order valence-corrected chi connectivity index (χ3v) is 5.45. The Morgan fingerprint density at radius 1 is 0.906 bits per heavy atom. The van der Waals surface area contributed by atoms with Crippen LogP contribution in [0, 0.1) is 0 Å². The number of benzene rings is 3. The number of fused-ring (bicyclic) bond motifs is 1. The van der Waals surface area contributed by atoms with Crippen LogP contribution in [0.5, 0.6) is 11.5 Å². The molecular weight excluding hydrogens is 404 g/mol. The molecule has 0 aliphatic rings. The SMILES string of the molecule is COc1ccc(-c2c(NC(=O)Cc3ccccc3)n(C)c3ccccc3c2=O)cc1OC. The number of nitrogens with one attached hydrogen (secondary N) is 1. The Hall–Kier alpha value is -4.06. The minimum Gasteiger partial charge on any atom is -0.493 e. The van der Waals surface area contributed by atoms with E-state index in [0.717, 1.165) is 11.1 Å². The summed E-state index contributed by atoms with van der Waals surface area (Å²) in [4.78, 5) is 26.5. The molecule has 162 valence electrons. The molecule has 6 nitrogen and oxygen atoms in total. The lowest BCUT2D eigenvalue weighted by atomic mass is 10.0. The van der Waals surface area contributed by atoms with Crippen LogP contribution in [0.3, 0.4) is 0 Å². The summed E-state index contributed by atoms with van der Waals surface area (Å²) in [5.41, 5.74) is 2.48. The quantitative estimate of drug-likeness (QED) is 0.494. The first-order chi connectivity index (χ1) is 15.5. The van der Waals surface area contributed by atoms with Crippen LogP contribution in [0.25, 0.3) is 22.0 Å². The number of carbonyl (C=O) groups is 1. The third kappa shape index (κ3) is 3.95. The molecule has 0 unspecified atom stereocenters. The standard InChI is InChI=1S/C26H24N2O4/c1-28-20-12-8-7-11-19(20)25(30)24(18-13-14-21(31-2)22(16-18)32-3)26(28)27-23(29)15-17-9-5-4-6-10-17/h4-14,16H,15H2,1-3H3,(H,27,29). The van der Waals surface area contributed by atoms with E-state index in [1.165, 1.54) is 0 Å².